The lowest BCUT2D eigenvalue weighted by molar-refractivity contribution is 0.596. The van der Waals surface area contributed by atoms with Crippen molar-refractivity contribution in [1.29, 1.82) is 0 Å². The molecule has 128 valence electrons. The summed E-state index contributed by atoms with van der Waals surface area (Å²) >= 11 is 1.66. The van der Waals surface area contributed by atoms with Crippen LogP contribution in [0.1, 0.15) is 22.2 Å². The van der Waals surface area contributed by atoms with E-state index in [1.165, 1.54) is 10.4 Å². The number of hydrogen-bond acceptors (Lipinski definition) is 5. The molecule has 0 radical (unpaired) electrons. The van der Waals surface area contributed by atoms with Crippen molar-refractivity contribution in [2.75, 3.05) is 0 Å². The largest absolute Gasteiger partial charge is 0.300 e. The fourth-order valence-corrected chi connectivity index (χ4v) is 3.62. The SMILES string of the molecule is c1ccc([C@H](NCc2cnc(-c3ccccn3)s2)c2ccccn2)cc1. The van der Waals surface area contributed by atoms with Crippen LogP contribution in [0.2, 0.25) is 0 Å². The van der Waals surface area contributed by atoms with E-state index >= 15 is 0 Å². The first-order valence-corrected chi connectivity index (χ1v) is 9.27. The molecule has 0 saturated heterocycles. The van der Waals surface area contributed by atoms with E-state index in [1.54, 1.807) is 17.5 Å². The second kappa shape index (κ2) is 7.99. The first-order valence-electron chi connectivity index (χ1n) is 8.45. The summed E-state index contributed by atoms with van der Waals surface area (Å²) in [6, 6.07) is 22.3. The Morgan fingerprint density at radius 3 is 2.31 bits per heavy atom. The number of benzene rings is 1. The van der Waals surface area contributed by atoms with Crippen molar-refractivity contribution in [2.24, 2.45) is 0 Å². The molecule has 0 aliphatic carbocycles. The van der Waals surface area contributed by atoms with Crippen molar-refractivity contribution in [1.82, 2.24) is 20.3 Å². The van der Waals surface area contributed by atoms with Gasteiger partial charge in [0.2, 0.25) is 0 Å². The molecule has 4 rings (SSSR count). The molecule has 4 nitrogen and oxygen atoms in total. The molecule has 0 spiro atoms. The second-order valence-corrected chi connectivity index (χ2v) is 6.94. The van der Waals surface area contributed by atoms with Crippen LogP contribution in [0.25, 0.3) is 10.7 Å². The highest BCUT2D eigenvalue weighted by Gasteiger charge is 2.15. The van der Waals surface area contributed by atoms with Crippen LogP contribution >= 0.6 is 11.3 Å². The Morgan fingerprint density at radius 2 is 1.58 bits per heavy atom. The molecule has 0 fully saturated rings. The van der Waals surface area contributed by atoms with Gasteiger partial charge in [0.25, 0.3) is 0 Å². The van der Waals surface area contributed by atoms with Crippen LogP contribution in [0, 0.1) is 0 Å². The number of thiazole rings is 1. The van der Waals surface area contributed by atoms with Gasteiger partial charge in [-0.1, -0.05) is 42.5 Å². The molecule has 0 saturated carbocycles. The minimum absolute atomic E-state index is 0.0396. The first-order chi connectivity index (χ1) is 12.9. The molecule has 0 unspecified atom stereocenters. The Labute approximate surface area is 156 Å². The maximum Gasteiger partial charge on any atom is 0.142 e. The zero-order chi connectivity index (χ0) is 17.6. The van der Waals surface area contributed by atoms with Crippen molar-refractivity contribution < 1.29 is 0 Å². The van der Waals surface area contributed by atoms with Crippen LogP contribution in [-0.4, -0.2) is 15.0 Å². The van der Waals surface area contributed by atoms with Crippen LogP contribution in [0.5, 0.6) is 0 Å². The van der Waals surface area contributed by atoms with E-state index in [1.807, 2.05) is 48.8 Å². The lowest BCUT2D eigenvalue weighted by atomic mass is 10.0. The molecule has 3 heterocycles. The molecule has 5 heteroatoms. The highest BCUT2D eigenvalue weighted by Crippen LogP contribution is 2.25. The molecule has 4 aromatic rings. The van der Waals surface area contributed by atoms with Crippen molar-refractivity contribution in [3.05, 3.63) is 101 Å². The molecule has 1 N–H and O–H groups in total. The highest BCUT2D eigenvalue weighted by atomic mass is 32.1. The van der Waals surface area contributed by atoms with Gasteiger partial charge < -0.3 is 0 Å². The quantitative estimate of drug-likeness (QED) is 0.552. The molecular formula is C21H18N4S. The van der Waals surface area contributed by atoms with Gasteiger partial charge in [0.05, 0.1) is 17.4 Å². The summed E-state index contributed by atoms with van der Waals surface area (Å²) in [6.45, 7) is 0.723. The summed E-state index contributed by atoms with van der Waals surface area (Å²) in [5.74, 6) is 0. The number of aromatic nitrogens is 3. The van der Waals surface area contributed by atoms with Gasteiger partial charge in [-0.2, -0.15) is 0 Å². The number of hydrogen-bond donors (Lipinski definition) is 1. The number of nitrogens with zero attached hydrogens (tertiary/aromatic N) is 3. The highest BCUT2D eigenvalue weighted by molar-refractivity contribution is 7.14. The third kappa shape index (κ3) is 3.85. The second-order valence-electron chi connectivity index (χ2n) is 5.83. The predicted octanol–water partition coefficient (Wildman–Crippen LogP) is 4.48. The summed E-state index contributed by atoms with van der Waals surface area (Å²) in [6.07, 6.45) is 5.54. The van der Waals surface area contributed by atoms with Gasteiger partial charge in [0.1, 0.15) is 5.01 Å². The van der Waals surface area contributed by atoms with Gasteiger partial charge in [-0.15, -0.1) is 11.3 Å². The van der Waals surface area contributed by atoms with Gasteiger partial charge in [0.15, 0.2) is 0 Å². The Bertz CT molecular complexity index is 900. The van der Waals surface area contributed by atoms with E-state index in [2.05, 4.69) is 50.6 Å². The van der Waals surface area contributed by atoms with Gasteiger partial charge in [0, 0.05) is 30.0 Å². The van der Waals surface area contributed by atoms with Crippen LogP contribution < -0.4 is 5.32 Å². The molecule has 1 atom stereocenters. The molecular weight excluding hydrogens is 340 g/mol. The minimum atomic E-state index is 0.0396. The fourth-order valence-electron chi connectivity index (χ4n) is 2.78. The minimum Gasteiger partial charge on any atom is -0.300 e. The van der Waals surface area contributed by atoms with E-state index in [0.717, 1.165) is 22.9 Å². The van der Waals surface area contributed by atoms with Crippen LogP contribution in [0.4, 0.5) is 0 Å². The smallest absolute Gasteiger partial charge is 0.142 e. The van der Waals surface area contributed by atoms with Crippen molar-refractivity contribution in [3.63, 3.8) is 0 Å². The topological polar surface area (TPSA) is 50.7 Å². The third-order valence-electron chi connectivity index (χ3n) is 4.03. The maximum absolute atomic E-state index is 4.54. The summed E-state index contributed by atoms with van der Waals surface area (Å²) in [5, 5.41) is 4.56. The summed E-state index contributed by atoms with van der Waals surface area (Å²) < 4.78 is 0. The fraction of sp³-hybridized carbons (Fsp3) is 0.0952. The van der Waals surface area contributed by atoms with E-state index in [0.29, 0.717) is 0 Å². The summed E-state index contributed by atoms with van der Waals surface area (Å²) in [4.78, 5) is 14.6. The molecule has 0 amide bonds. The first kappa shape index (κ1) is 16.6. The van der Waals surface area contributed by atoms with E-state index in [9.17, 15) is 0 Å². The Morgan fingerprint density at radius 1 is 0.808 bits per heavy atom. The average Bonchev–Trinajstić information content (AvgIpc) is 3.20. The van der Waals surface area contributed by atoms with Crippen LogP contribution in [0.3, 0.4) is 0 Å². The third-order valence-corrected chi connectivity index (χ3v) is 5.05. The van der Waals surface area contributed by atoms with Gasteiger partial charge in [-0.25, -0.2) is 4.98 Å². The van der Waals surface area contributed by atoms with E-state index in [4.69, 9.17) is 0 Å². The predicted molar refractivity (Wildman–Crippen MR) is 105 cm³/mol. The standard InChI is InChI=1S/C21H18N4S/c1-2-8-16(9-3-1)20(18-10-4-6-12-22-18)24-14-17-15-25-21(26-17)19-11-5-7-13-23-19/h1-13,15,20,24H,14H2/t20-/m0/s1. The molecule has 0 bridgehead atoms. The molecule has 3 aromatic heterocycles. The van der Waals surface area contributed by atoms with Crippen molar-refractivity contribution in [3.8, 4) is 10.7 Å². The summed E-state index contributed by atoms with van der Waals surface area (Å²) in [5.41, 5.74) is 3.11. The lowest BCUT2D eigenvalue weighted by Crippen LogP contribution is -2.22. The average molecular weight is 358 g/mol. The normalized spacial score (nSPS) is 12.0. The van der Waals surface area contributed by atoms with Gasteiger partial charge in [-0.05, 0) is 29.8 Å². The molecule has 0 aliphatic rings. The van der Waals surface area contributed by atoms with Gasteiger partial charge in [-0.3, -0.25) is 15.3 Å². The van der Waals surface area contributed by atoms with Crippen LogP contribution in [0.15, 0.2) is 85.3 Å². The monoisotopic (exact) mass is 358 g/mol. The molecule has 0 aliphatic heterocycles. The Hall–Kier alpha value is -2.89. The van der Waals surface area contributed by atoms with E-state index < -0.39 is 0 Å². The molecule has 1 aromatic carbocycles. The van der Waals surface area contributed by atoms with E-state index in [-0.39, 0.29) is 6.04 Å². The van der Waals surface area contributed by atoms with Crippen molar-refractivity contribution in [2.45, 2.75) is 12.6 Å². The Kier molecular flexibility index (Phi) is 5.09. The number of rotatable bonds is 6. The zero-order valence-electron chi connectivity index (χ0n) is 14.1. The number of pyridine rings is 2. The zero-order valence-corrected chi connectivity index (χ0v) is 14.9. The van der Waals surface area contributed by atoms with Crippen LogP contribution in [-0.2, 0) is 6.54 Å². The lowest BCUT2D eigenvalue weighted by Gasteiger charge is -2.18. The number of nitrogens with one attached hydrogen (secondary N) is 1. The Balaban J connectivity index is 1.53. The van der Waals surface area contributed by atoms with Gasteiger partial charge >= 0.3 is 0 Å². The summed E-state index contributed by atoms with van der Waals surface area (Å²) in [7, 11) is 0. The van der Waals surface area contributed by atoms with Crippen molar-refractivity contribution >= 4 is 11.3 Å². The molecule has 26 heavy (non-hydrogen) atoms. The maximum atomic E-state index is 4.54.